The summed E-state index contributed by atoms with van der Waals surface area (Å²) < 4.78 is 46.4. The van der Waals surface area contributed by atoms with E-state index in [1.807, 2.05) is 6.20 Å². The number of alkyl halides is 3. The van der Waals surface area contributed by atoms with Gasteiger partial charge in [0.15, 0.2) is 5.75 Å². The molecule has 1 aliphatic rings. The second kappa shape index (κ2) is 6.84. The number of aromatic nitrogens is 1. The van der Waals surface area contributed by atoms with E-state index in [9.17, 15) is 18.0 Å². The van der Waals surface area contributed by atoms with E-state index in [4.69, 9.17) is 9.84 Å². The number of benzene rings is 2. The minimum absolute atomic E-state index is 0.0381. The summed E-state index contributed by atoms with van der Waals surface area (Å²) in [6, 6.07) is 7.27. The number of ether oxygens (including phenoxy) is 1. The van der Waals surface area contributed by atoms with E-state index >= 15 is 0 Å². The number of hydrogen-bond donors (Lipinski definition) is 2. The molecule has 0 spiro atoms. The zero-order valence-corrected chi connectivity index (χ0v) is 16.0. The topological polar surface area (TPSA) is 62.3 Å². The lowest BCUT2D eigenvalue weighted by Gasteiger charge is -2.17. The maximum Gasteiger partial charge on any atom is 0.420 e. The number of carboxylic acids is 1. The first-order chi connectivity index (χ1) is 13.2. The Morgan fingerprint density at radius 2 is 2.00 bits per heavy atom. The molecule has 1 fully saturated rings. The van der Waals surface area contributed by atoms with Crippen LogP contribution in [0.5, 0.6) is 11.5 Å². The Morgan fingerprint density at radius 1 is 1.25 bits per heavy atom. The fourth-order valence-corrected chi connectivity index (χ4v) is 3.86. The van der Waals surface area contributed by atoms with Crippen molar-refractivity contribution in [3.05, 3.63) is 57.7 Å². The molecule has 146 valence electrons. The molecule has 0 radical (unpaired) electrons. The van der Waals surface area contributed by atoms with Crippen molar-refractivity contribution in [2.45, 2.75) is 31.4 Å². The van der Waals surface area contributed by atoms with Crippen molar-refractivity contribution in [2.24, 2.45) is 0 Å². The van der Waals surface area contributed by atoms with Crippen molar-refractivity contribution in [2.75, 3.05) is 0 Å². The molecular formula is C20H15BrF3NO3. The van der Waals surface area contributed by atoms with Gasteiger partial charge in [-0.05, 0) is 76.1 Å². The summed E-state index contributed by atoms with van der Waals surface area (Å²) in [5.41, 5.74) is 1.07. The van der Waals surface area contributed by atoms with E-state index in [-0.39, 0.29) is 21.5 Å². The molecule has 0 amide bonds. The van der Waals surface area contributed by atoms with Crippen LogP contribution in [0.15, 0.2) is 41.0 Å². The molecule has 4 rings (SSSR count). The molecule has 1 aromatic heterocycles. The predicted octanol–water partition coefficient (Wildman–Crippen LogP) is 6.25. The van der Waals surface area contributed by atoms with Gasteiger partial charge in [-0.25, -0.2) is 0 Å². The Bertz CT molecular complexity index is 1070. The quantitative estimate of drug-likeness (QED) is 0.480. The van der Waals surface area contributed by atoms with Gasteiger partial charge in [-0.2, -0.15) is 13.2 Å². The molecule has 3 aromatic rings. The number of aromatic amines is 1. The Morgan fingerprint density at radius 3 is 2.64 bits per heavy atom. The fraction of sp³-hybridized carbons (Fsp3) is 0.250. The number of halogens is 4. The third kappa shape index (κ3) is 3.73. The number of carbonyl (C=O) groups is 1. The molecule has 1 aliphatic carbocycles. The molecule has 28 heavy (non-hydrogen) atoms. The van der Waals surface area contributed by atoms with Crippen molar-refractivity contribution < 1.29 is 27.8 Å². The van der Waals surface area contributed by atoms with Crippen LogP contribution in [0.25, 0.3) is 10.9 Å². The van der Waals surface area contributed by atoms with Gasteiger partial charge in [0.25, 0.3) is 0 Å². The molecule has 0 aliphatic heterocycles. The van der Waals surface area contributed by atoms with Crippen LogP contribution in [0.3, 0.4) is 0 Å². The van der Waals surface area contributed by atoms with Crippen LogP contribution in [0.2, 0.25) is 0 Å². The highest BCUT2D eigenvalue weighted by atomic mass is 79.9. The highest BCUT2D eigenvalue weighted by Gasteiger charge is 2.36. The third-order valence-electron chi connectivity index (χ3n) is 4.69. The smallest absolute Gasteiger partial charge is 0.420 e. The van der Waals surface area contributed by atoms with Crippen LogP contribution in [-0.4, -0.2) is 16.1 Å². The van der Waals surface area contributed by atoms with Crippen molar-refractivity contribution in [3.63, 3.8) is 0 Å². The van der Waals surface area contributed by atoms with E-state index in [0.29, 0.717) is 5.92 Å². The van der Waals surface area contributed by atoms with Gasteiger partial charge in [-0.1, -0.05) is 0 Å². The molecular weight excluding hydrogens is 439 g/mol. The van der Waals surface area contributed by atoms with Crippen LogP contribution < -0.4 is 4.74 Å². The number of aliphatic carboxylic acids is 1. The van der Waals surface area contributed by atoms with Crippen LogP contribution in [0.4, 0.5) is 13.2 Å². The number of fused-ring (bicyclic) bond motifs is 1. The molecule has 4 nitrogen and oxygen atoms in total. The Balaban J connectivity index is 1.75. The van der Waals surface area contributed by atoms with Crippen molar-refractivity contribution in [1.82, 2.24) is 4.98 Å². The van der Waals surface area contributed by atoms with Crippen LogP contribution in [0, 0.1) is 0 Å². The van der Waals surface area contributed by atoms with Crippen molar-refractivity contribution >= 4 is 32.8 Å². The lowest BCUT2D eigenvalue weighted by atomic mass is 10.1. The number of hydrogen-bond acceptors (Lipinski definition) is 2. The molecule has 0 unspecified atom stereocenters. The first-order valence-electron chi connectivity index (χ1n) is 8.62. The van der Waals surface area contributed by atoms with E-state index in [0.717, 1.165) is 35.4 Å². The normalized spacial score (nSPS) is 14.4. The molecule has 2 aromatic carbocycles. The Hall–Kier alpha value is -2.48. The summed E-state index contributed by atoms with van der Waals surface area (Å²) in [5, 5.41) is 9.82. The molecule has 0 bridgehead atoms. The highest BCUT2D eigenvalue weighted by Crippen LogP contribution is 2.46. The first-order valence-corrected chi connectivity index (χ1v) is 9.42. The van der Waals surface area contributed by atoms with Gasteiger partial charge in [0.2, 0.25) is 0 Å². The average Bonchev–Trinajstić information content (AvgIpc) is 3.35. The molecule has 1 saturated carbocycles. The second-order valence-corrected chi connectivity index (χ2v) is 7.70. The lowest BCUT2D eigenvalue weighted by Crippen LogP contribution is -2.10. The number of nitrogens with one attached hydrogen (secondary N) is 1. The van der Waals surface area contributed by atoms with Crippen LogP contribution in [0.1, 0.15) is 35.4 Å². The summed E-state index contributed by atoms with van der Waals surface area (Å²) in [5.74, 6) is -0.827. The Labute approximate surface area is 166 Å². The largest absolute Gasteiger partial charge is 0.481 e. The fourth-order valence-electron chi connectivity index (χ4n) is 3.28. The van der Waals surface area contributed by atoms with Gasteiger partial charge >= 0.3 is 12.1 Å². The summed E-state index contributed by atoms with van der Waals surface area (Å²) in [6.07, 6.45) is -1.06. The SMILES string of the molecule is O=C(O)Cc1cc(Br)c(Oc2ccc3[nH]cc(C4CC4)c3c2)c(C(F)(F)F)c1. The summed E-state index contributed by atoms with van der Waals surface area (Å²) in [7, 11) is 0. The van der Waals surface area contributed by atoms with E-state index < -0.39 is 24.1 Å². The summed E-state index contributed by atoms with van der Waals surface area (Å²) >= 11 is 3.10. The minimum Gasteiger partial charge on any atom is -0.481 e. The maximum absolute atomic E-state index is 13.6. The third-order valence-corrected chi connectivity index (χ3v) is 5.28. The van der Waals surface area contributed by atoms with Gasteiger partial charge in [0, 0.05) is 17.1 Å². The summed E-state index contributed by atoms with van der Waals surface area (Å²) in [6.45, 7) is 0. The van der Waals surface area contributed by atoms with Gasteiger partial charge in [-0.15, -0.1) is 0 Å². The molecule has 2 N–H and O–H groups in total. The molecule has 8 heteroatoms. The van der Waals surface area contributed by atoms with Crippen LogP contribution in [-0.2, 0) is 17.4 Å². The average molecular weight is 454 g/mol. The first kappa shape index (κ1) is 18.9. The van der Waals surface area contributed by atoms with Gasteiger partial charge < -0.3 is 14.8 Å². The zero-order valence-electron chi connectivity index (χ0n) is 14.4. The standard InChI is InChI=1S/C20H15BrF3NO3/c21-16-6-10(7-18(26)27)5-15(20(22,23)24)19(16)28-12-3-4-17-13(8-12)14(9-25-17)11-1-2-11/h3-6,8-9,11,25H,1-2,7H2,(H,26,27). The van der Waals surface area contributed by atoms with Gasteiger partial charge in [0.05, 0.1) is 16.5 Å². The monoisotopic (exact) mass is 453 g/mol. The van der Waals surface area contributed by atoms with Crippen molar-refractivity contribution in [1.29, 1.82) is 0 Å². The Kier molecular flexibility index (Phi) is 4.61. The number of H-pyrrole nitrogens is 1. The predicted molar refractivity (Wildman–Crippen MR) is 101 cm³/mol. The molecule has 1 heterocycles. The van der Waals surface area contributed by atoms with Crippen LogP contribution >= 0.6 is 15.9 Å². The number of rotatable bonds is 5. The van der Waals surface area contributed by atoms with Gasteiger partial charge in [0.1, 0.15) is 5.75 Å². The minimum atomic E-state index is -4.69. The van der Waals surface area contributed by atoms with E-state index in [1.54, 1.807) is 18.2 Å². The molecule has 0 atom stereocenters. The zero-order chi connectivity index (χ0) is 20.1. The van der Waals surface area contributed by atoms with Crippen molar-refractivity contribution in [3.8, 4) is 11.5 Å². The maximum atomic E-state index is 13.6. The molecule has 0 saturated heterocycles. The van der Waals surface area contributed by atoms with E-state index in [2.05, 4.69) is 20.9 Å². The summed E-state index contributed by atoms with van der Waals surface area (Å²) in [4.78, 5) is 14.0. The number of carboxylic acid groups (broad SMARTS) is 1. The lowest BCUT2D eigenvalue weighted by molar-refractivity contribution is -0.139. The second-order valence-electron chi connectivity index (χ2n) is 6.85. The van der Waals surface area contributed by atoms with E-state index in [1.165, 1.54) is 6.07 Å². The van der Waals surface area contributed by atoms with Gasteiger partial charge in [-0.3, -0.25) is 4.79 Å². The highest BCUT2D eigenvalue weighted by molar-refractivity contribution is 9.10.